The summed E-state index contributed by atoms with van der Waals surface area (Å²) in [6, 6.07) is 68.6. The van der Waals surface area contributed by atoms with Gasteiger partial charge in [-0.3, -0.25) is 0 Å². The Balaban J connectivity index is 1.19. The van der Waals surface area contributed by atoms with Crippen molar-refractivity contribution in [2.45, 2.75) is 0 Å². The molecule has 3 nitrogen and oxygen atoms in total. The van der Waals surface area contributed by atoms with Gasteiger partial charge in [-0.05, 0) is 79.5 Å². The van der Waals surface area contributed by atoms with Gasteiger partial charge < -0.3 is 4.42 Å². The highest BCUT2D eigenvalue weighted by Gasteiger charge is 2.21. The number of fused-ring (bicyclic) bond motifs is 7. The van der Waals surface area contributed by atoms with Crippen molar-refractivity contribution in [1.82, 2.24) is 9.97 Å². The number of hydrogen-bond acceptors (Lipinski definition) is 3. The fourth-order valence-corrected chi connectivity index (χ4v) is 8.33. The summed E-state index contributed by atoms with van der Waals surface area (Å²) in [5.41, 5.74) is 11.3. The monoisotopic (exact) mass is 700 g/mol. The maximum Gasteiger partial charge on any atom is 0.160 e. The second-order valence-electron chi connectivity index (χ2n) is 14.1. The second-order valence-corrected chi connectivity index (χ2v) is 14.1. The van der Waals surface area contributed by atoms with E-state index in [-0.39, 0.29) is 0 Å². The Hall–Kier alpha value is -7.36. The number of furan rings is 1. The average Bonchev–Trinajstić information content (AvgIpc) is 3.64. The number of aromatic nitrogens is 2. The van der Waals surface area contributed by atoms with Crippen LogP contribution in [0.3, 0.4) is 0 Å². The van der Waals surface area contributed by atoms with Crippen LogP contribution in [0.4, 0.5) is 0 Å². The highest BCUT2D eigenvalue weighted by Crippen LogP contribution is 2.46. The lowest BCUT2D eigenvalue weighted by Gasteiger charge is -2.19. The molecule has 0 aliphatic heterocycles. The first-order chi connectivity index (χ1) is 27.3. The number of nitrogens with zero attached hydrogens (tertiary/aromatic N) is 2. The summed E-state index contributed by atoms with van der Waals surface area (Å²) in [7, 11) is 0. The van der Waals surface area contributed by atoms with Crippen molar-refractivity contribution in [3.05, 3.63) is 194 Å². The first kappa shape index (κ1) is 31.2. The molecule has 0 aliphatic carbocycles. The van der Waals surface area contributed by atoms with E-state index in [9.17, 15) is 0 Å². The normalized spacial score (nSPS) is 11.6. The molecule has 0 N–H and O–H groups in total. The van der Waals surface area contributed by atoms with Gasteiger partial charge in [-0.15, -0.1) is 0 Å². The van der Waals surface area contributed by atoms with Crippen LogP contribution in [0.1, 0.15) is 0 Å². The number of para-hydroxylation sites is 1. The number of hydrogen-bond donors (Lipinski definition) is 0. The lowest BCUT2D eigenvalue weighted by molar-refractivity contribution is 0.669. The van der Waals surface area contributed by atoms with Crippen molar-refractivity contribution in [2.75, 3.05) is 0 Å². The summed E-state index contributed by atoms with van der Waals surface area (Å²) in [4.78, 5) is 10.7. The van der Waals surface area contributed by atoms with Gasteiger partial charge in [-0.2, -0.15) is 0 Å². The Labute approximate surface area is 317 Å². The summed E-state index contributed by atoms with van der Waals surface area (Å²) in [6.45, 7) is 0. The van der Waals surface area contributed by atoms with Crippen LogP contribution in [-0.2, 0) is 0 Å². The van der Waals surface area contributed by atoms with E-state index < -0.39 is 0 Å². The Morgan fingerprint density at radius 2 is 0.909 bits per heavy atom. The quantitative estimate of drug-likeness (QED) is 0.133. The summed E-state index contributed by atoms with van der Waals surface area (Å²) in [6.07, 6.45) is 0. The largest absolute Gasteiger partial charge is 0.456 e. The van der Waals surface area contributed by atoms with Gasteiger partial charge in [-0.1, -0.05) is 164 Å². The zero-order valence-corrected chi connectivity index (χ0v) is 29.8. The van der Waals surface area contributed by atoms with Crippen molar-refractivity contribution in [2.24, 2.45) is 0 Å². The minimum atomic E-state index is 0.689. The van der Waals surface area contributed by atoms with Gasteiger partial charge in [-0.25, -0.2) is 9.97 Å². The molecule has 2 aromatic heterocycles. The predicted octanol–water partition coefficient (Wildman–Crippen LogP) is 14.2. The van der Waals surface area contributed by atoms with Crippen LogP contribution >= 0.6 is 0 Å². The standard InChI is InChI=1S/C52H32N2O/c1-3-15-34(16-4-1)49-41-23-9-10-24-42(41)51(50-39-21-8-7-14-33(39)26-28-43(49)50)46-32-45(53-52(54-46)35-17-5-2-6-18-35)38-20-13-19-36(30-38)37-27-29-48-44(31-37)40-22-11-12-25-47(40)55-48/h1-32H. The van der Waals surface area contributed by atoms with E-state index in [0.717, 1.165) is 66.5 Å². The molecule has 0 amide bonds. The molecule has 0 saturated heterocycles. The fraction of sp³-hybridized carbons (Fsp3) is 0. The van der Waals surface area contributed by atoms with E-state index >= 15 is 0 Å². The molecule has 0 saturated carbocycles. The lowest BCUT2D eigenvalue weighted by Crippen LogP contribution is -1.98. The van der Waals surface area contributed by atoms with Crippen LogP contribution in [0.5, 0.6) is 0 Å². The SMILES string of the molecule is c1ccc(-c2nc(-c3cccc(-c4ccc5oc6ccccc6c5c4)c3)cc(-c3c4ccccc4c(-c4ccccc4)c4ccc5ccccc5c34)n2)cc1. The molecule has 0 aliphatic rings. The van der Waals surface area contributed by atoms with Gasteiger partial charge in [0.15, 0.2) is 5.82 Å². The maximum atomic E-state index is 6.15. The zero-order chi connectivity index (χ0) is 36.3. The molecule has 0 radical (unpaired) electrons. The van der Waals surface area contributed by atoms with Gasteiger partial charge >= 0.3 is 0 Å². The first-order valence-corrected chi connectivity index (χ1v) is 18.7. The summed E-state index contributed by atoms with van der Waals surface area (Å²) < 4.78 is 6.15. The van der Waals surface area contributed by atoms with Gasteiger partial charge in [0.1, 0.15) is 11.2 Å². The van der Waals surface area contributed by atoms with Crippen LogP contribution in [0, 0.1) is 0 Å². The van der Waals surface area contributed by atoms with Gasteiger partial charge in [0.2, 0.25) is 0 Å². The van der Waals surface area contributed by atoms with Crippen LogP contribution in [0.15, 0.2) is 199 Å². The molecule has 55 heavy (non-hydrogen) atoms. The predicted molar refractivity (Wildman–Crippen MR) is 229 cm³/mol. The van der Waals surface area contributed by atoms with Gasteiger partial charge in [0.05, 0.1) is 11.4 Å². The Kier molecular flexibility index (Phi) is 7.17. The molecule has 11 aromatic rings. The Morgan fingerprint density at radius 1 is 0.309 bits per heavy atom. The molecule has 0 atom stereocenters. The van der Waals surface area contributed by atoms with Crippen LogP contribution in [-0.4, -0.2) is 9.97 Å². The van der Waals surface area contributed by atoms with Gasteiger partial charge in [0.25, 0.3) is 0 Å². The molecule has 3 heteroatoms. The minimum absolute atomic E-state index is 0.689. The Bertz CT molecular complexity index is 3250. The first-order valence-electron chi connectivity index (χ1n) is 18.7. The van der Waals surface area contributed by atoms with Crippen molar-refractivity contribution >= 4 is 54.3 Å². The molecule has 11 rings (SSSR count). The van der Waals surface area contributed by atoms with Crippen LogP contribution in [0.2, 0.25) is 0 Å². The average molecular weight is 701 g/mol. The molecule has 0 bridgehead atoms. The molecular formula is C52H32N2O. The van der Waals surface area contributed by atoms with Crippen LogP contribution in [0.25, 0.3) is 110 Å². The highest BCUT2D eigenvalue weighted by atomic mass is 16.3. The van der Waals surface area contributed by atoms with E-state index in [2.05, 4.69) is 164 Å². The molecule has 0 unspecified atom stereocenters. The van der Waals surface area contributed by atoms with E-state index in [1.165, 1.54) is 38.1 Å². The highest BCUT2D eigenvalue weighted by molar-refractivity contribution is 6.27. The zero-order valence-electron chi connectivity index (χ0n) is 29.8. The molecule has 256 valence electrons. The summed E-state index contributed by atoms with van der Waals surface area (Å²) >= 11 is 0. The molecule has 9 aromatic carbocycles. The lowest BCUT2D eigenvalue weighted by atomic mass is 9.85. The van der Waals surface area contributed by atoms with Crippen molar-refractivity contribution < 1.29 is 4.42 Å². The number of benzene rings is 9. The maximum absolute atomic E-state index is 6.15. The third-order valence-corrected chi connectivity index (χ3v) is 10.9. The smallest absolute Gasteiger partial charge is 0.160 e. The summed E-state index contributed by atoms with van der Waals surface area (Å²) in [5, 5.41) is 9.35. The fourth-order valence-electron chi connectivity index (χ4n) is 8.33. The van der Waals surface area contributed by atoms with E-state index in [1.807, 2.05) is 30.3 Å². The van der Waals surface area contributed by atoms with Crippen molar-refractivity contribution in [3.63, 3.8) is 0 Å². The molecule has 2 heterocycles. The van der Waals surface area contributed by atoms with E-state index in [0.29, 0.717) is 5.82 Å². The third-order valence-electron chi connectivity index (χ3n) is 10.9. The Morgan fingerprint density at radius 3 is 1.73 bits per heavy atom. The van der Waals surface area contributed by atoms with E-state index in [4.69, 9.17) is 14.4 Å². The van der Waals surface area contributed by atoms with Gasteiger partial charge in [0, 0.05) is 32.8 Å². The molecule has 0 spiro atoms. The van der Waals surface area contributed by atoms with Crippen LogP contribution < -0.4 is 0 Å². The van der Waals surface area contributed by atoms with E-state index in [1.54, 1.807) is 0 Å². The topological polar surface area (TPSA) is 38.9 Å². The summed E-state index contributed by atoms with van der Waals surface area (Å²) in [5.74, 6) is 0.689. The second kappa shape index (κ2) is 12.6. The number of rotatable bonds is 5. The molecular weight excluding hydrogens is 669 g/mol. The van der Waals surface area contributed by atoms with Crippen molar-refractivity contribution in [3.8, 4) is 56.2 Å². The minimum Gasteiger partial charge on any atom is -0.456 e. The molecule has 0 fully saturated rings. The van der Waals surface area contributed by atoms with Crippen molar-refractivity contribution in [1.29, 1.82) is 0 Å². The third kappa shape index (κ3) is 5.20.